The van der Waals surface area contributed by atoms with E-state index in [1.807, 2.05) is 23.5 Å². The van der Waals surface area contributed by atoms with Gasteiger partial charge in [0.1, 0.15) is 0 Å². The van der Waals surface area contributed by atoms with Crippen LogP contribution >= 0.6 is 23.5 Å². The number of hydrogen-bond acceptors (Lipinski definition) is 6. The largest absolute Gasteiger partial charge is 0.311 e. The van der Waals surface area contributed by atoms with Crippen LogP contribution in [0.25, 0.3) is 22.3 Å². The molecule has 8 heteroatoms. The standard InChI is InChI=1S/C84H60B2N4S2/c1-83(2)65-35-19-17-33-61(65)63-43-41-57(45-67(63)83)89-73-39-23-21-37-69(73)85-71-51-72-78(52-77(71)91-79-49-59(47-75(89)81(79)85)87(53-25-9-5-10-26-53)54-27-11-6-12-28-54)92-80-50-60(88(55-29-13-7-14-30-55)56-31-15-8-16-32-56)48-76-82(80)86(72)70-38-22-24-40-74(70)90(76)58-42-44-64-62-34-18-20-36-66(62)84(3,4)68(64)46-58/h5-52H,1-4H3. The van der Waals surface area contributed by atoms with Gasteiger partial charge in [-0.1, -0.05) is 238 Å². The molecule has 4 heterocycles. The van der Waals surface area contributed by atoms with Crippen molar-refractivity contribution in [3.63, 3.8) is 0 Å². The summed E-state index contributed by atoms with van der Waals surface area (Å²) < 4.78 is 0. The minimum Gasteiger partial charge on any atom is -0.311 e. The molecule has 92 heavy (non-hydrogen) atoms. The Hall–Kier alpha value is -10.1. The lowest BCUT2D eigenvalue weighted by molar-refractivity contribution is 0.660. The van der Waals surface area contributed by atoms with Crippen molar-refractivity contribution < 1.29 is 0 Å². The van der Waals surface area contributed by atoms with Crippen LogP contribution in [0.3, 0.4) is 0 Å². The first kappa shape index (κ1) is 53.7. The van der Waals surface area contributed by atoms with E-state index in [0.717, 1.165) is 34.1 Å². The Balaban J connectivity index is 0.835. The normalized spacial score (nSPS) is 14.7. The molecule has 0 saturated heterocycles. The molecule has 0 radical (unpaired) electrons. The topological polar surface area (TPSA) is 13.0 Å². The summed E-state index contributed by atoms with van der Waals surface area (Å²) in [5, 5.41) is 0. The quantitative estimate of drug-likeness (QED) is 0.140. The number of benzene rings is 13. The molecule has 13 aromatic rings. The molecule has 13 aromatic carbocycles. The van der Waals surface area contributed by atoms with Gasteiger partial charge in [-0.25, -0.2) is 0 Å². The molecule has 0 N–H and O–H groups in total. The Labute approximate surface area is 547 Å². The lowest BCUT2D eigenvalue weighted by atomic mass is 9.32. The highest BCUT2D eigenvalue weighted by Gasteiger charge is 2.47. The first-order chi connectivity index (χ1) is 45.2. The number of nitrogens with zero attached hydrogens (tertiary/aromatic N) is 4. The maximum atomic E-state index is 2.66. The van der Waals surface area contributed by atoms with Crippen molar-refractivity contribution in [2.75, 3.05) is 19.6 Å². The molecule has 19 rings (SSSR count). The Morgan fingerprint density at radius 3 is 1.02 bits per heavy atom. The minimum atomic E-state index is -0.174. The molecule has 0 saturated carbocycles. The minimum absolute atomic E-state index is 0.0483. The molecule has 4 nitrogen and oxygen atoms in total. The molecule has 0 aromatic heterocycles. The van der Waals surface area contributed by atoms with E-state index in [2.05, 4.69) is 338 Å². The van der Waals surface area contributed by atoms with Crippen LogP contribution < -0.4 is 52.4 Å². The van der Waals surface area contributed by atoms with Gasteiger partial charge in [0.15, 0.2) is 0 Å². The van der Waals surface area contributed by atoms with Crippen molar-refractivity contribution in [1.82, 2.24) is 0 Å². The second-order valence-corrected chi connectivity index (χ2v) is 28.5. The molecule has 434 valence electrons. The summed E-state index contributed by atoms with van der Waals surface area (Å²) in [6.07, 6.45) is 0. The molecule has 2 aliphatic carbocycles. The predicted molar refractivity (Wildman–Crippen MR) is 391 cm³/mol. The van der Waals surface area contributed by atoms with Crippen molar-refractivity contribution in [1.29, 1.82) is 0 Å². The number of para-hydroxylation sites is 6. The number of anilines is 12. The highest BCUT2D eigenvalue weighted by atomic mass is 32.2. The SMILES string of the molecule is CC1(C)c2ccccc2-c2ccc(N3c4ccccc4B4c5cc6c(cc5Sc5cc(N(c7ccccc7)c7ccccc7)cc3c54)Sc3cc(N(c4ccccc4)c4ccccc4)cc4c3B6c3ccccc3N4c3ccc4c(c3)C(C)(C)c3ccccc3-4)cc21. The Morgan fingerprint density at radius 2 is 0.620 bits per heavy atom. The molecule has 0 fully saturated rings. The monoisotopic (exact) mass is 1210 g/mol. The second-order valence-electron chi connectivity index (χ2n) is 26.4. The second kappa shape index (κ2) is 20.2. The maximum absolute atomic E-state index is 2.66. The summed E-state index contributed by atoms with van der Waals surface area (Å²) >= 11 is 3.89. The van der Waals surface area contributed by atoms with E-state index in [-0.39, 0.29) is 24.3 Å². The zero-order valence-corrected chi connectivity index (χ0v) is 53.1. The highest BCUT2D eigenvalue weighted by Crippen LogP contribution is 2.55. The summed E-state index contributed by atoms with van der Waals surface area (Å²) in [4.78, 5) is 15.2. The molecule has 6 aliphatic rings. The van der Waals surface area contributed by atoms with Crippen LogP contribution in [0.5, 0.6) is 0 Å². The first-order valence-corrected chi connectivity index (χ1v) is 33.8. The molecule has 0 atom stereocenters. The van der Waals surface area contributed by atoms with Gasteiger partial charge in [0.05, 0.1) is 0 Å². The highest BCUT2D eigenvalue weighted by molar-refractivity contribution is 8.01. The Kier molecular flexibility index (Phi) is 11.8. The van der Waals surface area contributed by atoms with E-state index in [4.69, 9.17) is 0 Å². The van der Waals surface area contributed by atoms with Crippen LogP contribution in [0, 0.1) is 0 Å². The van der Waals surface area contributed by atoms with Crippen molar-refractivity contribution in [2.24, 2.45) is 0 Å². The zero-order chi connectivity index (χ0) is 61.1. The van der Waals surface area contributed by atoms with E-state index in [1.165, 1.54) is 131 Å². The molecule has 0 spiro atoms. The lowest BCUT2D eigenvalue weighted by Gasteiger charge is -2.43. The number of hydrogen-bond donors (Lipinski definition) is 0. The summed E-state index contributed by atoms with van der Waals surface area (Å²) in [6.45, 7) is 9.49. The van der Waals surface area contributed by atoms with Gasteiger partial charge in [0.25, 0.3) is 0 Å². The lowest BCUT2D eigenvalue weighted by Crippen LogP contribution is -2.63. The van der Waals surface area contributed by atoms with E-state index in [1.54, 1.807) is 0 Å². The zero-order valence-electron chi connectivity index (χ0n) is 51.5. The molecule has 0 bridgehead atoms. The van der Waals surface area contributed by atoms with Gasteiger partial charge in [-0.05, 0) is 182 Å². The van der Waals surface area contributed by atoms with Crippen LogP contribution in [0.4, 0.5) is 68.2 Å². The van der Waals surface area contributed by atoms with Gasteiger partial charge < -0.3 is 19.6 Å². The first-order valence-electron chi connectivity index (χ1n) is 32.1. The van der Waals surface area contributed by atoms with Crippen LogP contribution in [0.2, 0.25) is 0 Å². The third kappa shape index (κ3) is 7.84. The van der Waals surface area contributed by atoms with E-state index in [9.17, 15) is 0 Å². The molecule has 4 aliphatic heterocycles. The Morgan fingerprint density at radius 1 is 0.272 bits per heavy atom. The van der Waals surface area contributed by atoms with Crippen LogP contribution in [-0.2, 0) is 10.8 Å². The summed E-state index contributed by atoms with van der Waals surface area (Å²) in [5.74, 6) is 0. The van der Waals surface area contributed by atoms with Crippen LogP contribution in [-0.4, -0.2) is 13.4 Å². The van der Waals surface area contributed by atoms with Crippen LogP contribution in [0.15, 0.2) is 311 Å². The smallest absolute Gasteiger partial charge is 0.249 e. The third-order valence-corrected chi connectivity index (χ3v) is 22.9. The van der Waals surface area contributed by atoms with Crippen molar-refractivity contribution >= 4 is 138 Å². The fourth-order valence-corrected chi connectivity index (χ4v) is 19.1. The van der Waals surface area contributed by atoms with Crippen molar-refractivity contribution in [2.45, 2.75) is 58.1 Å². The Bertz CT molecular complexity index is 4830. The fraction of sp³-hybridized carbons (Fsp3) is 0.0714. The molecular weight excluding hydrogens is 1150 g/mol. The van der Waals surface area contributed by atoms with Gasteiger partial charge >= 0.3 is 0 Å². The third-order valence-electron chi connectivity index (χ3n) is 20.7. The summed E-state index contributed by atoms with van der Waals surface area (Å²) in [5.41, 5.74) is 32.3. The average Bonchev–Trinajstić information content (AvgIpc) is 0.890. The molecule has 0 unspecified atom stereocenters. The van der Waals surface area contributed by atoms with Crippen LogP contribution in [0.1, 0.15) is 49.9 Å². The summed E-state index contributed by atoms with van der Waals surface area (Å²) in [7, 11) is 0. The van der Waals surface area contributed by atoms with Crippen molar-refractivity contribution in [3.05, 3.63) is 313 Å². The van der Waals surface area contributed by atoms with E-state index in [0.29, 0.717) is 0 Å². The van der Waals surface area contributed by atoms with E-state index < -0.39 is 0 Å². The number of fused-ring (bicyclic) bond motifs is 14. The van der Waals surface area contributed by atoms with Gasteiger partial charge in [-0.15, -0.1) is 0 Å². The van der Waals surface area contributed by atoms with Gasteiger partial charge in [-0.3, -0.25) is 0 Å². The van der Waals surface area contributed by atoms with Gasteiger partial charge in [-0.2, -0.15) is 0 Å². The predicted octanol–water partition coefficient (Wildman–Crippen LogP) is 18.8. The number of rotatable bonds is 8. The molecular formula is C84H60B2N4S2. The van der Waals surface area contributed by atoms with Crippen molar-refractivity contribution in [3.8, 4) is 22.3 Å². The fourth-order valence-electron chi connectivity index (χ4n) is 16.5. The molecule has 0 amide bonds. The van der Waals surface area contributed by atoms with E-state index >= 15 is 0 Å². The van der Waals surface area contributed by atoms with Gasteiger partial charge in [0, 0.05) is 98.7 Å². The summed E-state index contributed by atoms with van der Waals surface area (Å²) in [6, 6.07) is 110. The van der Waals surface area contributed by atoms with Gasteiger partial charge in [0.2, 0.25) is 13.4 Å². The average molecular weight is 1210 g/mol. The maximum Gasteiger partial charge on any atom is 0.249 e.